The first-order chi connectivity index (χ1) is 8.53. The summed E-state index contributed by atoms with van der Waals surface area (Å²) in [6.07, 6.45) is 5.32. The van der Waals surface area contributed by atoms with Crippen LogP contribution in [-0.4, -0.2) is 31.1 Å². The Kier molecular flexibility index (Phi) is 4.13. The van der Waals surface area contributed by atoms with Crippen LogP contribution in [0.5, 0.6) is 0 Å². The van der Waals surface area contributed by atoms with Crippen LogP contribution in [0.1, 0.15) is 50.2 Å². The Labute approximate surface area is 111 Å². The van der Waals surface area contributed by atoms with Gasteiger partial charge in [0, 0.05) is 12.1 Å². The molecule has 3 nitrogen and oxygen atoms in total. The molecule has 2 rings (SSSR count). The van der Waals surface area contributed by atoms with Crippen LogP contribution < -0.4 is 5.32 Å². The van der Waals surface area contributed by atoms with Crippen LogP contribution in [0.4, 0.5) is 0 Å². The smallest absolute Gasteiger partial charge is 0.120 e. The van der Waals surface area contributed by atoms with Gasteiger partial charge >= 0.3 is 0 Å². The highest BCUT2D eigenvalue weighted by Crippen LogP contribution is 2.33. The van der Waals surface area contributed by atoms with Gasteiger partial charge in [-0.3, -0.25) is 0 Å². The average molecular weight is 250 g/mol. The Morgan fingerprint density at radius 1 is 1.33 bits per heavy atom. The van der Waals surface area contributed by atoms with Gasteiger partial charge in [0.2, 0.25) is 0 Å². The van der Waals surface area contributed by atoms with Crippen LogP contribution in [0.25, 0.3) is 0 Å². The van der Waals surface area contributed by atoms with Gasteiger partial charge in [0.05, 0.1) is 6.04 Å². The first kappa shape index (κ1) is 13.6. The third-order valence-electron chi connectivity index (χ3n) is 4.41. The van der Waals surface area contributed by atoms with E-state index in [0.29, 0.717) is 5.54 Å². The summed E-state index contributed by atoms with van der Waals surface area (Å²) in [5, 5.41) is 3.64. The summed E-state index contributed by atoms with van der Waals surface area (Å²) < 4.78 is 5.68. The van der Waals surface area contributed by atoms with E-state index in [1.165, 1.54) is 25.7 Å². The van der Waals surface area contributed by atoms with Crippen molar-refractivity contribution < 1.29 is 4.42 Å². The third kappa shape index (κ3) is 2.78. The van der Waals surface area contributed by atoms with Crippen molar-refractivity contribution >= 4 is 0 Å². The Morgan fingerprint density at radius 2 is 2.00 bits per heavy atom. The van der Waals surface area contributed by atoms with Gasteiger partial charge < -0.3 is 14.6 Å². The predicted molar refractivity (Wildman–Crippen MR) is 74.7 cm³/mol. The second-order valence-corrected chi connectivity index (χ2v) is 5.88. The fourth-order valence-corrected chi connectivity index (χ4v) is 2.95. The lowest BCUT2D eigenvalue weighted by Crippen LogP contribution is -2.49. The molecule has 102 valence electrons. The maximum atomic E-state index is 5.68. The Balaban J connectivity index is 1.94. The molecule has 18 heavy (non-hydrogen) atoms. The van der Waals surface area contributed by atoms with E-state index in [0.717, 1.165) is 18.1 Å². The zero-order valence-electron chi connectivity index (χ0n) is 12.1. The summed E-state index contributed by atoms with van der Waals surface area (Å²) in [6.45, 7) is 5.21. The second kappa shape index (κ2) is 5.45. The minimum Gasteiger partial charge on any atom is -0.465 e. The largest absolute Gasteiger partial charge is 0.465 e. The maximum Gasteiger partial charge on any atom is 0.120 e. The van der Waals surface area contributed by atoms with Crippen molar-refractivity contribution in [3.8, 4) is 0 Å². The quantitative estimate of drug-likeness (QED) is 0.870. The molecule has 0 spiro atoms. The number of likely N-dealkylation sites (N-methyl/N-ethyl adjacent to an activating group) is 1. The standard InChI is InChI=1S/C15H26N2O/c1-12-7-8-14(18-12)13(2)16-11-15(17(3)4)9-5-6-10-15/h7-8,13,16H,5-6,9-11H2,1-4H3. The molecule has 1 aromatic heterocycles. The molecular formula is C15H26N2O. The second-order valence-electron chi connectivity index (χ2n) is 5.88. The molecule has 0 aromatic carbocycles. The molecular weight excluding hydrogens is 224 g/mol. The van der Waals surface area contributed by atoms with Crippen LogP contribution in [-0.2, 0) is 0 Å². The van der Waals surface area contributed by atoms with E-state index in [9.17, 15) is 0 Å². The van der Waals surface area contributed by atoms with Gasteiger partial charge in [-0.2, -0.15) is 0 Å². The number of aryl methyl sites for hydroxylation is 1. The Morgan fingerprint density at radius 3 is 2.50 bits per heavy atom. The van der Waals surface area contributed by atoms with Crippen molar-refractivity contribution in [2.75, 3.05) is 20.6 Å². The molecule has 1 N–H and O–H groups in total. The van der Waals surface area contributed by atoms with Crippen LogP contribution in [0, 0.1) is 6.92 Å². The number of rotatable bonds is 5. The SMILES string of the molecule is Cc1ccc(C(C)NCC2(N(C)C)CCCC2)o1. The van der Waals surface area contributed by atoms with Crippen molar-refractivity contribution in [3.05, 3.63) is 23.7 Å². The van der Waals surface area contributed by atoms with Gasteiger partial charge in [0.25, 0.3) is 0 Å². The highest BCUT2D eigenvalue weighted by Gasteiger charge is 2.35. The minimum atomic E-state index is 0.288. The summed E-state index contributed by atoms with van der Waals surface area (Å²) in [4.78, 5) is 2.40. The lowest BCUT2D eigenvalue weighted by molar-refractivity contribution is 0.148. The van der Waals surface area contributed by atoms with Crippen molar-refractivity contribution in [2.24, 2.45) is 0 Å². The van der Waals surface area contributed by atoms with Gasteiger partial charge in [0.15, 0.2) is 0 Å². The molecule has 0 aliphatic heterocycles. The van der Waals surface area contributed by atoms with Gasteiger partial charge in [-0.25, -0.2) is 0 Å². The van der Waals surface area contributed by atoms with Gasteiger partial charge in [-0.15, -0.1) is 0 Å². The Hall–Kier alpha value is -0.800. The first-order valence-corrected chi connectivity index (χ1v) is 7.01. The molecule has 3 heteroatoms. The van der Waals surface area contributed by atoms with Crippen molar-refractivity contribution in [1.82, 2.24) is 10.2 Å². The summed E-state index contributed by atoms with van der Waals surface area (Å²) >= 11 is 0. The van der Waals surface area contributed by atoms with Gasteiger partial charge in [-0.1, -0.05) is 12.8 Å². The Bertz CT molecular complexity index is 378. The molecule has 1 aliphatic rings. The van der Waals surface area contributed by atoms with Crippen LogP contribution in [0.3, 0.4) is 0 Å². The van der Waals surface area contributed by atoms with E-state index in [1.54, 1.807) is 0 Å². The predicted octanol–water partition coefficient (Wildman–Crippen LogP) is 3.11. The number of furan rings is 1. The third-order valence-corrected chi connectivity index (χ3v) is 4.41. The lowest BCUT2D eigenvalue weighted by atomic mass is 9.95. The molecule has 1 atom stereocenters. The molecule has 1 fully saturated rings. The molecule has 1 saturated carbocycles. The summed E-state index contributed by atoms with van der Waals surface area (Å²) in [6, 6.07) is 4.39. The van der Waals surface area contributed by atoms with Gasteiger partial charge in [-0.05, 0) is 52.9 Å². The van der Waals surface area contributed by atoms with E-state index in [-0.39, 0.29) is 6.04 Å². The number of hydrogen-bond acceptors (Lipinski definition) is 3. The molecule has 1 unspecified atom stereocenters. The van der Waals surface area contributed by atoms with Crippen LogP contribution in [0.15, 0.2) is 16.5 Å². The van der Waals surface area contributed by atoms with E-state index < -0.39 is 0 Å². The zero-order chi connectivity index (χ0) is 13.2. The average Bonchev–Trinajstić information content (AvgIpc) is 2.95. The van der Waals surface area contributed by atoms with Crippen LogP contribution >= 0.6 is 0 Å². The van der Waals surface area contributed by atoms with Crippen molar-refractivity contribution in [3.63, 3.8) is 0 Å². The number of hydrogen-bond donors (Lipinski definition) is 1. The number of nitrogens with one attached hydrogen (secondary N) is 1. The zero-order valence-corrected chi connectivity index (χ0v) is 12.1. The van der Waals surface area contributed by atoms with E-state index in [1.807, 2.05) is 13.0 Å². The molecule has 0 amide bonds. The van der Waals surface area contributed by atoms with E-state index in [4.69, 9.17) is 4.42 Å². The molecule has 1 heterocycles. The van der Waals surface area contributed by atoms with E-state index >= 15 is 0 Å². The lowest BCUT2D eigenvalue weighted by Gasteiger charge is -2.37. The van der Waals surface area contributed by atoms with Crippen molar-refractivity contribution in [2.45, 2.75) is 51.1 Å². The number of nitrogens with zero attached hydrogens (tertiary/aromatic N) is 1. The topological polar surface area (TPSA) is 28.4 Å². The maximum absolute atomic E-state index is 5.68. The molecule has 1 aliphatic carbocycles. The fraction of sp³-hybridized carbons (Fsp3) is 0.733. The van der Waals surface area contributed by atoms with Crippen molar-refractivity contribution in [1.29, 1.82) is 0 Å². The summed E-state index contributed by atoms with van der Waals surface area (Å²) in [7, 11) is 4.41. The fourth-order valence-electron chi connectivity index (χ4n) is 2.95. The highest BCUT2D eigenvalue weighted by atomic mass is 16.3. The molecule has 0 radical (unpaired) electrons. The monoisotopic (exact) mass is 250 g/mol. The van der Waals surface area contributed by atoms with Crippen LogP contribution in [0.2, 0.25) is 0 Å². The normalized spacial score (nSPS) is 20.5. The molecule has 0 saturated heterocycles. The highest BCUT2D eigenvalue weighted by molar-refractivity contribution is 5.09. The van der Waals surface area contributed by atoms with Gasteiger partial charge in [0.1, 0.15) is 11.5 Å². The molecule has 1 aromatic rings. The minimum absolute atomic E-state index is 0.288. The van der Waals surface area contributed by atoms with E-state index in [2.05, 4.69) is 37.3 Å². The summed E-state index contributed by atoms with van der Waals surface area (Å²) in [5.74, 6) is 2.03. The first-order valence-electron chi connectivity index (χ1n) is 7.01. The molecule has 0 bridgehead atoms. The summed E-state index contributed by atoms with van der Waals surface area (Å²) in [5.41, 5.74) is 0.343.